The lowest BCUT2D eigenvalue weighted by Gasteiger charge is -2.24. The minimum Gasteiger partial charge on any atom is -0.481 e. The molecule has 0 spiro atoms. The molecule has 4 atom stereocenters. The van der Waals surface area contributed by atoms with Crippen LogP contribution in [0.1, 0.15) is 32.1 Å². The minimum absolute atomic E-state index is 0.124. The molecular weight excluding hydrogens is 464 g/mol. The molecule has 11 N–H and O–H groups in total. The summed E-state index contributed by atoms with van der Waals surface area (Å²) in [6, 6.07) is -5.71. The summed E-state index contributed by atoms with van der Waals surface area (Å²) in [5.41, 5.74) is 15.7. The fourth-order valence-corrected chi connectivity index (χ4v) is 2.64. The Morgan fingerprint density at radius 1 is 0.727 bits per heavy atom. The van der Waals surface area contributed by atoms with Crippen LogP contribution < -0.4 is 33.2 Å². The molecule has 0 saturated carbocycles. The van der Waals surface area contributed by atoms with E-state index in [1.165, 1.54) is 0 Å². The van der Waals surface area contributed by atoms with E-state index in [0.29, 0.717) is 0 Å². The zero-order valence-electron chi connectivity index (χ0n) is 17.5. The van der Waals surface area contributed by atoms with Crippen molar-refractivity contribution in [2.75, 3.05) is 5.75 Å². The zero-order valence-corrected chi connectivity index (χ0v) is 18.4. The number of rotatable bonds is 16. The largest absolute Gasteiger partial charge is 0.481 e. The highest BCUT2D eigenvalue weighted by Crippen LogP contribution is 2.02. The Morgan fingerprint density at radius 2 is 1.24 bits per heavy atom. The van der Waals surface area contributed by atoms with E-state index in [0.717, 1.165) is 0 Å². The molecule has 33 heavy (non-hydrogen) atoms. The van der Waals surface area contributed by atoms with E-state index in [1.807, 2.05) is 0 Å². The van der Waals surface area contributed by atoms with Crippen molar-refractivity contribution in [1.82, 2.24) is 16.0 Å². The molecule has 4 unspecified atom stereocenters. The van der Waals surface area contributed by atoms with Crippen molar-refractivity contribution >= 4 is 54.1 Å². The Hall–Kier alpha value is -3.40. The molecule has 0 aromatic heterocycles. The molecule has 16 heteroatoms. The van der Waals surface area contributed by atoms with Crippen molar-refractivity contribution in [3.63, 3.8) is 0 Å². The number of carbonyl (C=O) groups is 7. The Morgan fingerprint density at radius 3 is 1.70 bits per heavy atom. The number of thiol groups is 1. The van der Waals surface area contributed by atoms with Crippen LogP contribution in [0, 0.1) is 0 Å². The Bertz CT molecular complexity index is 778. The first kappa shape index (κ1) is 29.6. The van der Waals surface area contributed by atoms with Crippen molar-refractivity contribution in [1.29, 1.82) is 0 Å². The molecule has 0 aliphatic rings. The molecule has 0 radical (unpaired) electrons. The molecule has 0 bridgehead atoms. The van der Waals surface area contributed by atoms with E-state index < -0.39 is 84.9 Å². The van der Waals surface area contributed by atoms with Gasteiger partial charge in [-0.25, -0.2) is 4.79 Å². The van der Waals surface area contributed by atoms with Crippen LogP contribution in [0.15, 0.2) is 0 Å². The topological polar surface area (TPSA) is 274 Å². The highest BCUT2D eigenvalue weighted by atomic mass is 32.1. The number of aliphatic carboxylic acids is 2. The van der Waals surface area contributed by atoms with Crippen LogP contribution >= 0.6 is 12.6 Å². The Labute approximate surface area is 193 Å². The molecule has 15 nitrogen and oxygen atoms in total. The molecule has 0 saturated heterocycles. The van der Waals surface area contributed by atoms with Crippen molar-refractivity contribution < 1.29 is 43.8 Å². The quantitative estimate of drug-likeness (QED) is 0.0936. The number of primary amides is 2. The van der Waals surface area contributed by atoms with E-state index in [9.17, 15) is 33.6 Å². The fourth-order valence-electron chi connectivity index (χ4n) is 2.38. The minimum atomic E-state index is -1.54. The monoisotopic (exact) mass is 492 g/mol. The van der Waals surface area contributed by atoms with E-state index in [2.05, 4.69) is 28.6 Å². The second-order valence-corrected chi connectivity index (χ2v) is 7.28. The fraction of sp³-hybridized carbons (Fsp3) is 0.588. The summed E-state index contributed by atoms with van der Waals surface area (Å²) in [6.45, 7) is 0. The second kappa shape index (κ2) is 14.6. The van der Waals surface area contributed by atoms with Crippen LogP contribution in [0.4, 0.5) is 0 Å². The summed E-state index contributed by atoms with van der Waals surface area (Å²) in [4.78, 5) is 81.1. The van der Waals surface area contributed by atoms with Crippen LogP contribution in [-0.2, 0) is 33.6 Å². The lowest BCUT2D eigenvalue weighted by Crippen LogP contribution is -2.58. The smallest absolute Gasteiger partial charge is 0.326 e. The summed E-state index contributed by atoms with van der Waals surface area (Å²) in [5, 5.41) is 24.3. The number of carboxylic acid groups (broad SMARTS) is 2. The third-order valence-corrected chi connectivity index (χ3v) is 4.52. The van der Waals surface area contributed by atoms with Crippen molar-refractivity contribution in [3.05, 3.63) is 0 Å². The number of carbonyl (C=O) groups excluding carboxylic acids is 5. The molecule has 0 aliphatic carbocycles. The van der Waals surface area contributed by atoms with E-state index >= 15 is 0 Å². The number of nitrogens with one attached hydrogen (secondary N) is 3. The van der Waals surface area contributed by atoms with Crippen LogP contribution in [0.5, 0.6) is 0 Å². The van der Waals surface area contributed by atoms with Gasteiger partial charge in [0.05, 0.1) is 12.5 Å². The Balaban J connectivity index is 5.24. The number of amides is 5. The van der Waals surface area contributed by atoms with Gasteiger partial charge in [0, 0.05) is 18.6 Å². The van der Waals surface area contributed by atoms with Gasteiger partial charge in [-0.05, 0) is 12.8 Å². The molecule has 5 amide bonds. The van der Waals surface area contributed by atoms with Crippen LogP contribution in [0.3, 0.4) is 0 Å². The first-order valence-electron chi connectivity index (χ1n) is 9.57. The van der Waals surface area contributed by atoms with Gasteiger partial charge in [0.25, 0.3) is 0 Å². The lowest BCUT2D eigenvalue weighted by molar-refractivity contribution is -0.143. The summed E-state index contributed by atoms with van der Waals surface area (Å²) in [6.07, 6.45) is -1.92. The molecule has 0 aromatic carbocycles. The Kier molecular flexibility index (Phi) is 13.1. The van der Waals surface area contributed by atoms with Crippen LogP contribution in [0.25, 0.3) is 0 Å². The van der Waals surface area contributed by atoms with Crippen molar-refractivity contribution in [2.45, 2.75) is 56.3 Å². The highest BCUT2D eigenvalue weighted by Gasteiger charge is 2.30. The zero-order chi connectivity index (χ0) is 25.7. The van der Waals surface area contributed by atoms with Crippen LogP contribution in [0.2, 0.25) is 0 Å². The molecule has 0 aliphatic heterocycles. The van der Waals surface area contributed by atoms with Gasteiger partial charge in [-0.3, -0.25) is 28.8 Å². The van der Waals surface area contributed by atoms with Gasteiger partial charge in [-0.15, -0.1) is 0 Å². The third-order valence-electron chi connectivity index (χ3n) is 4.15. The van der Waals surface area contributed by atoms with E-state index in [1.54, 1.807) is 0 Å². The standard InChI is InChI=1S/C17H28N6O9S/c18-7(1-3-11(19)24)14(28)22-9(5-12(20)25)15(29)23-10(6-33)16(30)21-8(17(31)32)2-4-13(26)27/h7-10,33H,1-6,18H2,(H2,19,24)(H2,20,25)(H,21,30)(H,22,28)(H,23,29)(H,26,27)(H,31,32). The van der Waals surface area contributed by atoms with Gasteiger partial charge in [0.2, 0.25) is 29.5 Å². The molecule has 0 fully saturated rings. The van der Waals surface area contributed by atoms with Gasteiger partial charge in [-0.2, -0.15) is 12.6 Å². The molecule has 0 aromatic rings. The summed E-state index contributed by atoms with van der Waals surface area (Å²) >= 11 is 3.92. The maximum atomic E-state index is 12.6. The summed E-state index contributed by atoms with van der Waals surface area (Å²) in [5.74, 6) is -7.62. The highest BCUT2D eigenvalue weighted by molar-refractivity contribution is 7.80. The van der Waals surface area contributed by atoms with E-state index in [4.69, 9.17) is 27.4 Å². The first-order valence-corrected chi connectivity index (χ1v) is 10.2. The molecule has 186 valence electrons. The van der Waals surface area contributed by atoms with Gasteiger partial charge in [-0.1, -0.05) is 0 Å². The lowest BCUT2D eigenvalue weighted by atomic mass is 10.1. The second-order valence-electron chi connectivity index (χ2n) is 6.92. The van der Waals surface area contributed by atoms with Gasteiger partial charge < -0.3 is 43.4 Å². The average molecular weight is 493 g/mol. The normalized spacial score (nSPS) is 14.1. The third kappa shape index (κ3) is 12.3. The summed E-state index contributed by atoms with van der Waals surface area (Å²) in [7, 11) is 0. The number of hydrogen-bond acceptors (Lipinski definition) is 9. The number of hydrogen-bond donors (Lipinski definition) is 9. The van der Waals surface area contributed by atoms with Gasteiger partial charge in [0.1, 0.15) is 18.1 Å². The van der Waals surface area contributed by atoms with Crippen LogP contribution in [-0.4, -0.2) is 81.6 Å². The molecule has 0 heterocycles. The molecule has 0 rings (SSSR count). The maximum Gasteiger partial charge on any atom is 0.326 e. The predicted molar refractivity (Wildman–Crippen MR) is 114 cm³/mol. The summed E-state index contributed by atoms with van der Waals surface area (Å²) < 4.78 is 0. The van der Waals surface area contributed by atoms with Gasteiger partial charge in [0.15, 0.2) is 0 Å². The SMILES string of the molecule is NC(=O)CCC(N)C(=O)NC(CC(N)=O)C(=O)NC(CS)C(=O)NC(CCC(=O)O)C(=O)O. The number of carboxylic acids is 2. The number of nitrogens with two attached hydrogens (primary N) is 3. The van der Waals surface area contributed by atoms with Gasteiger partial charge >= 0.3 is 11.9 Å². The first-order chi connectivity index (χ1) is 15.3. The average Bonchev–Trinajstić information content (AvgIpc) is 2.71. The predicted octanol–water partition coefficient (Wildman–Crippen LogP) is -4.21. The van der Waals surface area contributed by atoms with Crippen molar-refractivity contribution in [2.24, 2.45) is 17.2 Å². The maximum absolute atomic E-state index is 12.6. The molecular formula is C17H28N6O9S. The van der Waals surface area contributed by atoms with Crippen molar-refractivity contribution in [3.8, 4) is 0 Å². The van der Waals surface area contributed by atoms with E-state index in [-0.39, 0.29) is 18.6 Å².